The van der Waals surface area contributed by atoms with Gasteiger partial charge in [-0.2, -0.15) is 0 Å². The molecule has 0 saturated carbocycles. The van der Waals surface area contributed by atoms with E-state index in [0.717, 1.165) is 78.2 Å². The first-order valence-electron chi connectivity index (χ1n) is 16.4. The summed E-state index contributed by atoms with van der Waals surface area (Å²) in [5.74, 6) is 0.0342. The van der Waals surface area contributed by atoms with Crippen LogP contribution in [0.1, 0.15) is 34.6 Å². The van der Waals surface area contributed by atoms with Crippen LogP contribution in [0.25, 0.3) is 78.2 Å². The average molecular weight is 647 g/mol. The van der Waals surface area contributed by atoms with Gasteiger partial charge in [0.2, 0.25) is 0 Å². The first-order valence-corrected chi connectivity index (χ1v) is 16.4. The summed E-state index contributed by atoms with van der Waals surface area (Å²) in [6, 6.07) is 47.3. The van der Waals surface area contributed by atoms with Crippen molar-refractivity contribution in [2.75, 3.05) is 0 Å². The van der Waals surface area contributed by atoms with Gasteiger partial charge in [0.05, 0.1) is 44.8 Å². The van der Waals surface area contributed by atoms with Gasteiger partial charge in [0.25, 0.3) is 0 Å². The minimum Gasteiger partial charge on any atom is -0.295 e. The number of rotatable bonds is 7. The second-order valence-corrected chi connectivity index (χ2v) is 12.2. The van der Waals surface area contributed by atoms with Crippen molar-refractivity contribution in [1.29, 1.82) is 0 Å². The molecular formula is C44H30N4O2. The van der Waals surface area contributed by atoms with Crippen molar-refractivity contribution in [3.05, 3.63) is 157 Å². The summed E-state index contributed by atoms with van der Waals surface area (Å²) in [6.45, 7) is 3.13. The van der Waals surface area contributed by atoms with Crippen molar-refractivity contribution in [2.24, 2.45) is 0 Å². The summed E-state index contributed by atoms with van der Waals surface area (Å²) in [5.41, 5.74) is 13.1. The van der Waals surface area contributed by atoms with Crippen LogP contribution in [0.3, 0.4) is 0 Å². The van der Waals surface area contributed by atoms with E-state index >= 15 is 0 Å². The molecule has 50 heavy (non-hydrogen) atoms. The molecule has 0 aliphatic carbocycles. The fraction of sp³-hybridized carbons (Fsp3) is 0.0455. The highest BCUT2D eigenvalue weighted by molar-refractivity contribution is 5.96. The largest absolute Gasteiger partial charge is 0.295 e. The summed E-state index contributed by atoms with van der Waals surface area (Å²) < 4.78 is 0. The molecule has 0 fully saturated rings. The zero-order valence-corrected chi connectivity index (χ0v) is 27.5. The number of hydrogen-bond acceptors (Lipinski definition) is 6. The van der Waals surface area contributed by atoms with Crippen LogP contribution >= 0.6 is 0 Å². The van der Waals surface area contributed by atoms with Crippen LogP contribution < -0.4 is 0 Å². The highest BCUT2D eigenvalue weighted by Gasteiger charge is 2.17. The summed E-state index contributed by atoms with van der Waals surface area (Å²) in [6.07, 6.45) is 0. The van der Waals surface area contributed by atoms with Gasteiger partial charge in [-0.1, -0.05) is 121 Å². The van der Waals surface area contributed by atoms with Crippen molar-refractivity contribution < 1.29 is 9.59 Å². The number of ketones is 2. The lowest BCUT2D eigenvalue weighted by molar-refractivity contribution is 0.100. The van der Waals surface area contributed by atoms with Crippen molar-refractivity contribution in [3.8, 4) is 56.2 Å². The van der Waals surface area contributed by atoms with E-state index in [0.29, 0.717) is 11.1 Å². The van der Waals surface area contributed by atoms with Crippen LogP contribution in [0.15, 0.2) is 146 Å². The molecule has 0 amide bonds. The third-order valence-corrected chi connectivity index (χ3v) is 8.89. The van der Waals surface area contributed by atoms with Gasteiger partial charge in [-0.3, -0.25) is 9.59 Å². The first-order chi connectivity index (χ1) is 24.4. The van der Waals surface area contributed by atoms with Gasteiger partial charge < -0.3 is 0 Å². The number of nitrogens with zero attached hydrogens (tertiary/aromatic N) is 4. The van der Waals surface area contributed by atoms with E-state index in [9.17, 15) is 9.59 Å². The molecular weight excluding hydrogens is 617 g/mol. The highest BCUT2D eigenvalue weighted by Crippen LogP contribution is 2.35. The maximum Gasteiger partial charge on any atom is 0.159 e. The van der Waals surface area contributed by atoms with Gasteiger partial charge in [0, 0.05) is 33.4 Å². The highest BCUT2D eigenvalue weighted by atomic mass is 16.1. The van der Waals surface area contributed by atoms with E-state index in [1.54, 1.807) is 13.8 Å². The van der Waals surface area contributed by atoms with Crippen LogP contribution in [0, 0.1) is 0 Å². The average Bonchev–Trinajstić information content (AvgIpc) is 3.17. The SMILES string of the molecule is CC(=O)c1ccc(-c2nc3cc(-c4ccc5nc(-c6ccccc6)c(-c6ccc(C(C)=O)cc6)nc5c4)ccc3nc2-c2ccccc2)cc1. The Morgan fingerprint density at radius 2 is 0.640 bits per heavy atom. The Kier molecular flexibility index (Phi) is 7.82. The molecule has 2 heterocycles. The number of benzene rings is 6. The predicted octanol–water partition coefficient (Wildman–Crippen LogP) is 10.3. The Morgan fingerprint density at radius 1 is 0.340 bits per heavy atom. The Morgan fingerprint density at radius 3 is 0.980 bits per heavy atom. The third-order valence-electron chi connectivity index (χ3n) is 8.89. The maximum atomic E-state index is 12.0. The molecule has 0 aliphatic rings. The Hall–Kier alpha value is -6.66. The molecule has 6 heteroatoms. The molecule has 0 atom stereocenters. The summed E-state index contributed by atoms with van der Waals surface area (Å²) in [7, 11) is 0. The summed E-state index contributed by atoms with van der Waals surface area (Å²) in [4.78, 5) is 44.5. The number of Topliss-reactive ketones (excluding diaryl/α,β-unsaturated/α-hetero) is 2. The smallest absolute Gasteiger partial charge is 0.159 e. The van der Waals surface area contributed by atoms with Crippen LogP contribution in [0.4, 0.5) is 0 Å². The van der Waals surface area contributed by atoms with Crippen molar-refractivity contribution >= 4 is 33.6 Å². The van der Waals surface area contributed by atoms with Crippen LogP contribution in [-0.2, 0) is 0 Å². The molecule has 0 N–H and O–H groups in total. The molecule has 8 rings (SSSR count). The molecule has 238 valence electrons. The Balaban J connectivity index is 1.25. The summed E-state index contributed by atoms with van der Waals surface area (Å²) in [5, 5.41) is 0. The van der Waals surface area contributed by atoms with Crippen LogP contribution in [0.5, 0.6) is 0 Å². The van der Waals surface area contributed by atoms with E-state index in [1.807, 2.05) is 121 Å². The van der Waals surface area contributed by atoms with Crippen LogP contribution in [0.2, 0.25) is 0 Å². The normalized spacial score (nSPS) is 11.2. The number of carbonyl (C=O) groups is 2. The predicted molar refractivity (Wildman–Crippen MR) is 200 cm³/mol. The quantitative estimate of drug-likeness (QED) is 0.160. The fourth-order valence-electron chi connectivity index (χ4n) is 6.19. The number of carbonyl (C=O) groups excluding carboxylic acids is 2. The zero-order chi connectivity index (χ0) is 34.2. The van der Waals surface area contributed by atoms with Crippen LogP contribution in [-0.4, -0.2) is 31.5 Å². The minimum atomic E-state index is 0.0171. The standard InChI is InChI=1S/C44H30N4O2/c1-27(49)29-13-17-33(18-14-29)43-41(31-9-5-3-6-10-31)45-37-23-21-35(25-39(37)47-43)36-22-24-38-40(26-36)48-44(34-19-15-30(16-20-34)28(2)50)42(46-38)32-11-7-4-8-12-32/h3-26H,1-2H3. The Labute approximate surface area is 289 Å². The molecule has 0 spiro atoms. The number of hydrogen-bond donors (Lipinski definition) is 0. The van der Waals surface area contributed by atoms with Gasteiger partial charge in [-0.05, 0) is 49.2 Å². The molecule has 2 aromatic heterocycles. The summed E-state index contributed by atoms with van der Waals surface area (Å²) >= 11 is 0. The van der Waals surface area contributed by atoms with Gasteiger partial charge in [-0.25, -0.2) is 19.9 Å². The van der Waals surface area contributed by atoms with E-state index < -0.39 is 0 Å². The van der Waals surface area contributed by atoms with E-state index in [2.05, 4.69) is 24.3 Å². The molecule has 8 aromatic rings. The molecule has 6 aromatic carbocycles. The Bertz CT molecular complexity index is 2380. The fourth-order valence-corrected chi connectivity index (χ4v) is 6.19. The van der Waals surface area contributed by atoms with Crippen molar-refractivity contribution in [3.63, 3.8) is 0 Å². The molecule has 0 bridgehead atoms. The maximum absolute atomic E-state index is 12.0. The molecule has 0 unspecified atom stereocenters. The number of aromatic nitrogens is 4. The molecule has 0 saturated heterocycles. The minimum absolute atomic E-state index is 0.0171. The van der Waals surface area contributed by atoms with Gasteiger partial charge >= 0.3 is 0 Å². The second kappa shape index (κ2) is 12.7. The van der Waals surface area contributed by atoms with Gasteiger partial charge in [-0.15, -0.1) is 0 Å². The van der Waals surface area contributed by atoms with E-state index in [1.165, 1.54) is 0 Å². The lowest BCUT2D eigenvalue weighted by Gasteiger charge is -2.13. The third kappa shape index (κ3) is 5.84. The number of fused-ring (bicyclic) bond motifs is 2. The lowest BCUT2D eigenvalue weighted by atomic mass is 10.00. The van der Waals surface area contributed by atoms with E-state index in [-0.39, 0.29) is 11.6 Å². The van der Waals surface area contributed by atoms with Crippen molar-refractivity contribution in [1.82, 2.24) is 19.9 Å². The molecule has 0 aliphatic heterocycles. The topological polar surface area (TPSA) is 85.7 Å². The van der Waals surface area contributed by atoms with Gasteiger partial charge in [0.15, 0.2) is 11.6 Å². The molecule has 0 radical (unpaired) electrons. The monoisotopic (exact) mass is 646 g/mol. The van der Waals surface area contributed by atoms with Gasteiger partial charge in [0.1, 0.15) is 0 Å². The first kappa shape index (κ1) is 30.7. The lowest BCUT2D eigenvalue weighted by Crippen LogP contribution is -1.98. The van der Waals surface area contributed by atoms with Crippen molar-refractivity contribution in [2.45, 2.75) is 13.8 Å². The molecule has 6 nitrogen and oxygen atoms in total. The second-order valence-electron chi connectivity index (χ2n) is 12.2. The zero-order valence-electron chi connectivity index (χ0n) is 27.5. The van der Waals surface area contributed by atoms with E-state index in [4.69, 9.17) is 19.9 Å².